The van der Waals surface area contributed by atoms with Crippen LogP contribution in [0.15, 0.2) is 36.5 Å². The SMILES string of the molecule is CCCS(=O)(=O)N(c1ccc(NC(C)=O)nc1)c1ccc(Cl)cc1F. The Hall–Kier alpha value is -2.19. The fourth-order valence-electron chi connectivity index (χ4n) is 2.21. The monoisotopic (exact) mass is 385 g/mol. The number of nitrogens with one attached hydrogen (secondary N) is 1. The van der Waals surface area contributed by atoms with Crippen LogP contribution in [0.2, 0.25) is 5.02 Å². The van der Waals surface area contributed by atoms with Gasteiger partial charge < -0.3 is 5.32 Å². The van der Waals surface area contributed by atoms with Crippen molar-refractivity contribution in [1.82, 2.24) is 4.98 Å². The molecular formula is C16H17ClFN3O3S. The Kier molecular flexibility index (Phi) is 5.97. The molecule has 1 aromatic heterocycles. The summed E-state index contributed by atoms with van der Waals surface area (Å²) in [4.78, 5) is 15.1. The number of hydrogen-bond donors (Lipinski definition) is 1. The summed E-state index contributed by atoms with van der Waals surface area (Å²) in [6.07, 6.45) is 1.62. The lowest BCUT2D eigenvalue weighted by atomic mass is 10.3. The highest BCUT2D eigenvalue weighted by molar-refractivity contribution is 7.93. The van der Waals surface area contributed by atoms with Crippen molar-refractivity contribution >= 4 is 44.7 Å². The lowest BCUT2D eigenvalue weighted by molar-refractivity contribution is -0.114. The van der Waals surface area contributed by atoms with Crippen LogP contribution in [0.3, 0.4) is 0 Å². The minimum atomic E-state index is -3.83. The molecule has 9 heteroatoms. The van der Waals surface area contributed by atoms with Crippen molar-refractivity contribution in [2.24, 2.45) is 0 Å². The van der Waals surface area contributed by atoms with Crippen molar-refractivity contribution in [3.63, 3.8) is 0 Å². The first-order valence-corrected chi connectivity index (χ1v) is 9.45. The number of hydrogen-bond acceptors (Lipinski definition) is 4. The maximum atomic E-state index is 14.3. The molecule has 1 aromatic carbocycles. The second-order valence-electron chi connectivity index (χ2n) is 5.26. The van der Waals surface area contributed by atoms with Crippen molar-refractivity contribution in [3.05, 3.63) is 47.4 Å². The number of anilines is 3. The molecule has 0 spiro atoms. The third kappa shape index (κ3) is 4.67. The van der Waals surface area contributed by atoms with E-state index in [1.807, 2.05) is 0 Å². The Morgan fingerprint density at radius 3 is 2.56 bits per heavy atom. The lowest BCUT2D eigenvalue weighted by Gasteiger charge is -2.24. The Morgan fingerprint density at radius 2 is 2.04 bits per heavy atom. The summed E-state index contributed by atoms with van der Waals surface area (Å²) in [6, 6.07) is 6.64. The van der Waals surface area contributed by atoms with Gasteiger partial charge in [-0.15, -0.1) is 0 Å². The van der Waals surface area contributed by atoms with Gasteiger partial charge >= 0.3 is 0 Å². The van der Waals surface area contributed by atoms with Crippen molar-refractivity contribution in [3.8, 4) is 0 Å². The van der Waals surface area contributed by atoms with E-state index in [4.69, 9.17) is 11.6 Å². The molecule has 0 aliphatic rings. The summed E-state index contributed by atoms with van der Waals surface area (Å²) < 4.78 is 40.6. The molecule has 6 nitrogen and oxygen atoms in total. The summed E-state index contributed by atoms with van der Waals surface area (Å²) in [5, 5.41) is 2.64. The third-order valence-corrected chi connectivity index (χ3v) is 5.28. The highest BCUT2D eigenvalue weighted by atomic mass is 35.5. The molecule has 2 rings (SSSR count). The summed E-state index contributed by atoms with van der Waals surface area (Å²) in [5.74, 6) is -0.971. The van der Waals surface area contributed by atoms with Gasteiger partial charge in [0, 0.05) is 11.9 Å². The molecule has 0 atom stereocenters. The normalized spacial score (nSPS) is 11.2. The number of amides is 1. The molecule has 0 unspecified atom stereocenters. The van der Waals surface area contributed by atoms with Crippen LogP contribution in [0.1, 0.15) is 20.3 Å². The fourth-order valence-corrected chi connectivity index (χ4v) is 3.94. The summed E-state index contributed by atoms with van der Waals surface area (Å²) in [6.45, 7) is 3.04. The third-order valence-electron chi connectivity index (χ3n) is 3.16. The molecule has 0 aliphatic carbocycles. The van der Waals surface area contributed by atoms with Crippen LogP contribution in [0.5, 0.6) is 0 Å². The molecule has 1 heterocycles. The van der Waals surface area contributed by atoms with Gasteiger partial charge in [0.1, 0.15) is 11.6 Å². The Balaban J connectivity index is 2.54. The van der Waals surface area contributed by atoms with E-state index in [0.717, 1.165) is 10.4 Å². The number of carbonyl (C=O) groups excluding carboxylic acids is 1. The number of pyridine rings is 1. The van der Waals surface area contributed by atoms with Gasteiger partial charge in [-0.25, -0.2) is 22.1 Å². The summed E-state index contributed by atoms with van der Waals surface area (Å²) in [7, 11) is -3.83. The number of halogens is 2. The Labute approximate surface area is 150 Å². The molecule has 0 saturated heterocycles. The number of aromatic nitrogens is 1. The number of carbonyl (C=O) groups is 1. The highest BCUT2D eigenvalue weighted by Gasteiger charge is 2.26. The van der Waals surface area contributed by atoms with E-state index in [-0.39, 0.29) is 33.9 Å². The molecule has 1 amide bonds. The van der Waals surface area contributed by atoms with Gasteiger partial charge in [0.2, 0.25) is 15.9 Å². The van der Waals surface area contributed by atoms with Gasteiger partial charge in [-0.3, -0.25) is 4.79 Å². The number of benzene rings is 1. The lowest BCUT2D eigenvalue weighted by Crippen LogP contribution is -2.29. The van der Waals surface area contributed by atoms with Gasteiger partial charge in [0.15, 0.2) is 0 Å². The second-order valence-corrected chi connectivity index (χ2v) is 7.63. The quantitative estimate of drug-likeness (QED) is 0.822. The second kappa shape index (κ2) is 7.79. The Bertz CT molecular complexity index is 873. The molecule has 134 valence electrons. The minimum absolute atomic E-state index is 0.146. The standard InChI is InChI=1S/C16H17ClFN3O3S/c1-3-8-25(23,24)21(15-6-4-12(17)9-14(15)18)13-5-7-16(19-10-13)20-11(2)22/h4-7,9-10H,3,8H2,1-2H3,(H,19,20,22). The van der Waals surface area contributed by atoms with Gasteiger partial charge in [-0.1, -0.05) is 18.5 Å². The maximum Gasteiger partial charge on any atom is 0.239 e. The maximum absolute atomic E-state index is 14.3. The minimum Gasteiger partial charge on any atom is -0.311 e. The van der Waals surface area contributed by atoms with Crippen molar-refractivity contribution < 1.29 is 17.6 Å². The van der Waals surface area contributed by atoms with Crippen LogP contribution in [0.25, 0.3) is 0 Å². The molecule has 0 fully saturated rings. The number of nitrogens with zero attached hydrogens (tertiary/aromatic N) is 2. The molecule has 0 saturated carbocycles. The van der Waals surface area contributed by atoms with Crippen molar-refractivity contribution in [2.45, 2.75) is 20.3 Å². The van der Waals surface area contributed by atoms with Crippen LogP contribution in [-0.2, 0) is 14.8 Å². The van der Waals surface area contributed by atoms with E-state index >= 15 is 0 Å². The van der Waals surface area contributed by atoms with Crippen LogP contribution >= 0.6 is 11.6 Å². The predicted octanol–water partition coefficient (Wildman–Crippen LogP) is 3.71. The van der Waals surface area contributed by atoms with Crippen molar-refractivity contribution in [1.29, 1.82) is 0 Å². The van der Waals surface area contributed by atoms with Gasteiger partial charge in [-0.05, 0) is 36.8 Å². The summed E-state index contributed by atoms with van der Waals surface area (Å²) >= 11 is 5.75. The molecule has 1 N–H and O–H groups in total. The largest absolute Gasteiger partial charge is 0.311 e. The molecule has 0 bridgehead atoms. The van der Waals surface area contributed by atoms with E-state index in [1.54, 1.807) is 6.92 Å². The Morgan fingerprint density at radius 1 is 1.32 bits per heavy atom. The first-order valence-electron chi connectivity index (χ1n) is 7.46. The van der Waals surface area contributed by atoms with Crippen LogP contribution in [0, 0.1) is 5.82 Å². The first kappa shape index (κ1) is 19.1. The van der Waals surface area contributed by atoms with Crippen LogP contribution < -0.4 is 9.62 Å². The topological polar surface area (TPSA) is 79.4 Å². The zero-order valence-corrected chi connectivity index (χ0v) is 15.2. The van der Waals surface area contributed by atoms with E-state index in [9.17, 15) is 17.6 Å². The van der Waals surface area contributed by atoms with E-state index in [2.05, 4.69) is 10.3 Å². The molecule has 0 radical (unpaired) electrons. The van der Waals surface area contributed by atoms with E-state index in [1.165, 1.54) is 37.4 Å². The van der Waals surface area contributed by atoms with Crippen molar-refractivity contribution in [2.75, 3.05) is 15.4 Å². The van der Waals surface area contributed by atoms with E-state index < -0.39 is 15.8 Å². The zero-order valence-electron chi connectivity index (χ0n) is 13.7. The zero-order chi connectivity index (χ0) is 18.6. The first-order chi connectivity index (χ1) is 11.7. The smallest absolute Gasteiger partial charge is 0.239 e. The number of sulfonamides is 1. The van der Waals surface area contributed by atoms with Gasteiger partial charge in [0.25, 0.3) is 0 Å². The highest BCUT2D eigenvalue weighted by Crippen LogP contribution is 2.32. The molecule has 0 aliphatic heterocycles. The molecule has 25 heavy (non-hydrogen) atoms. The van der Waals surface area contributed by atoms with Gasteiger partial charge in [-0.2, -0.15) is 0 Å². The average Bonchev–Trinajstić information content (AvgIpc) is 2.50. The number of rotatable bonds is 6. The average molecular weight is 386 g/mol. The molecular weight excluding hydrogens is 369 g/mol. The summed E-state index contributed by atoms with van der Waals surface area (Å²) in [5.41, 5.74) is 0.00991. The van der Waals surface area contributed by atoms with Gasteiger partial charge in [0.05, 0.1) is 23.3 Å². The van der Waals surface area contributed by atoms with Crippen LogP contribution in [0.4, 0.5) is 21.6 Å². The predicted molar refractivity (Wildman–Crippen MR) is 96.2 cm³/mol. The molecule has 2 aromatic rings. The van der Waals surface area contributed by atoms with E-state index in [0.29, 0.717) is 6.42 Å². The fraction of sp³-hybridized carbons (Fsp3) is 0.250. The van der Waals surface area contributed by atoms with Crippen LogP contribution in [-0.4, -0.2) is 25.1 Å².